The average molecular weight is 296 g/mol. The van der Waals surface area contributed by atoms with E-state index in [9.17, 15) is 0 Å². The van der Waals surface area contributed by atoms with E-state index in [-0.39, 0.29) is 5.41 Å². The molecule has 0 atom stereocenters. The molecule has 0 bridgehead atoms. The van der Waals surface area contributed by atoms with Crippen LogP contribution in [0.5, 0.6) is 0 Å². The minimum absolute atomic E-state index is 0.151. The van der Waals surface area contributed by atoms with Crippen LogP contribution in [0.1, 0.15) is 46.6 Å². The molecular formula is C20H28N2. The average Bonchev–Trinajstić information content (AvgIpc) is 2.39. The summed E-state index contributed by atoms with van der Waals surface area (Å²) in [5.41, 5.74) is 17.4. The summed E-state index contributed by atoms with van der Waals surface area (Å²) in [7, 11) is 0. The highest BCUT2D eigenvalue weighted by atomic mass is 14.6. The van der Waals surface area contributed by atoms with E-state index in [1.54, 1.807) is 0 Å². The number of nitrogens with two attached hydrogens (primary N) is 2. The van der Waals surface area contributed by atoms with Crippen LogP contribution in [0.3, 0.4) is 0 Å². The molecule has 0 radical (unpaired) electrons. The Hall–Kier alpha value is -1.96. The fraction of sp³-hybridized carbons (Fsp3) is 0.400. The van der Waals surface area contributed by atoms with Crippen molar-refractivity contribution in [3.8, 4) is 11.1 Å². The normalized spacial score (nSPS) is 12.4. The Bertz CT molecular complexity index is 646. The maximum absolute atomic E-state index is 6.07. The van der Waals surface area contributed by atoms with Gasteiger partial charge in [-0.3, -0.25) is 0 Å². The van der Waals surface area contributed by atoms with Gasteiger partial charge in [-0.15, -0.1) is 0 Å². The van der Waals surface area contributed by atoms with Crippen LogP contribution in [-0.2, 0) is 5.41 Å². The van der Waals surface area contributed by atoms with Gasteiger partial charge in [-0.1, -0.05) is 58.9 Å². The molecule has 2 heteroatoms. The molecule has 0 aromatic heterocycles. The topological polar surface area (TPSA) is 52.0 Å². The van der Waals surface area contributed by atoms with Crippen molar-refractivity contribution in [1.82, 2.24) is 0 Å². The number of nitrogen functional groups attached to an aromatic ring is 2. The lowest BCUT2D eigenvalue weighted by atomic mass is 9.72. The van der Waals surface area contributed by atoms with Gasteiger partial charge < -0.3 is 11.5 Å². The number of rotatable bonds is 3. The van der Waals surface area contributed by atoms with Gasteiger partial charge in [0.05, 0.1) is 0 Å². The third kappa shape index (κ3) is 3.82. The lowest BCUT2D eigenvalue weighted by Gasteiger charge is -2.33. The fourth-order valence-electron chi connectivity index (χ4n) is 3.35. The molecule has 0 amide bonds. The third-order valence-corrected chi connectivity index (χ3v) is 4.03. The molecule has 0 heterocycles. The standard InChI is InChI=1S/C20H28N2/c1-19(2,3)13-20(4,5)15-8-6-14(7-9-15)17-12-16(21)10-11-18(17)22/h6-12H,13,21-22H2,1-5H3. The molecule has 2 aromatic carbocycles. The molecule has 0 aliphatic rings. The summed E-state index contributed by atoms with van der Waals surface area (Å²) in [5.74, 6) is 0. The Kier molecular flexibility index (Phi) is 4.23. The number of anilines is 2. The molecule has 2 aromatic rings. The summed E-state index contributed by atoms with van der Waals surface area (Å²) < 4.78 is 0. The van der Waals surface area contributed by atoms with E-state index in [2.05, 4.69) is 58.9 Å². The molecular weight excluding hydrogens is 268 g/mol. The second-order valence-electron chi connectivity index (χ2n) is 8.05. The summed E-state index contributed by atoms with van der Waals surface area (Å²) in [6, 6.07) is 14.3. The van der Waals surface area contributed by atoms with Crippen molar-refractivity contribution >= 4 is 11.4 Å². The van der Waals surface area contributed by atoms with Gasteiger partial charge in [0.1, 0.15) is 0 Å². The van der Waals surface area contributed by atoms with Gasteiger partial charge in [0.15, 0.2) is 0 Å². The predicted octanol–water partition coefficient (Wildman–Crippen LogP) is 5.23. The van der Waals surface area contributed by atoms with Crippen molar-refractivity contribution < 1.29 is 0 Å². The van der Waals surface area contributed by atoms with Gasteiger partial charge >= 0.3 is 0 Å². The summed E-state index contributed by atoms with van der Waals surface area (Å²) in [4.78, 5) is 0. The number of hydrogen-bond donors (Lipinski definition) is 2. The van der Waals surface area contributed by atoms with Crippen molar-refractivity contribution in [2.45, 2.75) is 46.5 Å². The number of hydrogen-bond acceptors (Lipinski definition) is 2. The molecule has 118 valence electrons. The van der Waals surface area contributed by atoms with E-state index >= 15 is 0 Å². The first-order valence-corrected chi connectivity index (χ1v) is 7.84. The van der Waals surface area contributed by atoms with Crippen LogP contribution >= 0.6 is 0 Å². The Morgan fingerprint density at radius 1 is 0.818 bits per heavy atom. The highest BCUT2D eigenvalue weighted by molar-refractivity contribution is 5.79. The minimum atomic E-state index is 0.151. The Morgan fingerprint density at radius 3 is 1.95 bits per heavy atom. The Balaban J connectivity index is 2.33. The van der Waals surface area contributed by atoms with Crippen LogP contribution in [0.15, 0.2) is 42.5 Å². The zero-order valence-electron chi connectivity index (χ0n) is 14.4. The molecule has 0 fully saturated rings. The zero-order chi connectivity index (χ0) is 16.5. The molecule has 22 heavy (non-hydrogen) atoms. The third-order valence-electron chi connectivity index (χ3n) is 4.03. The first-order valence-electron chi connectivity index (χ1n) is 7.84. The Labute approximate surface area is 134 Å². The zero-order valence-corrected chi connectivity index (χ0v) is 14.4. The summed E-state index contributed by atoms with van der Waals surface area (Å²) in [6.07, 6.45) is 1.14. The molecule has 0 aliphatic heterocycles. The Morgan fingerprint density at radius 2 is 1.41 bits per heavy atom. The fourth-order valence-corrected chi connectivity index (χ4v) is 3.35. The smallest absolute Gasteiger partial charge is 0.0395 e. The lowest BCUT2D eigenvalue weighted by molar-refractivity contribution is 0.284. The number of benzene rings is 2. The first kappa shape index (κ1) is 16.4. The lowest BCUT2D eigenvalue weighted by Crippen LogP contribution is -2.24. The second-order valence-corrected chi connectivity index (χ2v) is 8.05. The molecule has 2 nitrogen and oxygen atoms in total. The summed E-state index contributed by atoms with van der Waals surface area (Å²) >= 11 is 0. The second kappa shape index (κ2) is 5.68. The summed E-state index contributed by atoms with van der Waals surface area (Å²) in [6.45, 7) is 11.5. The quantitative estimate of drug-likeness (QED) is 0.762. The molecule has 2 rings (SSSR count). The van der Waals surface area contributed by atoms with E-state index in [0.717, 1.165) is 28.9 Å². The highest BCUT2D eigenvalue weighted by Crippen LogP contribution is 2.37. The highest BCUT2D eigenvalue weighted by Gasteiger charge is 2.27. The summed E-state index contributed by atoms with van der Waals surface area (Å²) in [5, 5.41) is 0. The van der Waals surface area contributed by atoms with Crippen molar-refractivity contribution in [3.05, 3.63) is 48.0 Å². The van der Waals surface area contributed by atoms with Crippen LogP contribution in [0, 0.1) is 5.41 Å². The van der Waals surface area contributed by atoms with Crippen molar-refractivity contribution in [3.63, 3.8) is 0 Å². The maximum Gasteiger partial charge on any atom is 0.0395 e. The molecule has 4 N–H and O–H groups in total. The molecule has 0 aliphatic carbocycles. The molecule has 0 saturated carbocycles. The van der Waals surface area contributed by atoms with Gasteiger partial charge in [-0.05, 0) is 46.6 Å². The van der Waals surface area contributed by atoms with Crippen molar-refractivity contribution in [1.29, 1.82) is 0 Å². The molecule has 0 saturated heterocycles. The molecule has 0 spiro atoms. The van der Waals surface area contributed by atoms with Crippen molar-refractivity contribution in [2.75, 3.05) is 11.5 Å². The SMILES string of the molecule is CC(C)(C)CC(C)(C)c1ccc(-c2cc(N)ccc2N)cc1. The van der Waals surface area contributed by atoms with Crippen LogP contribution in [0.2, 0.25) is 0 Å². The van der Waals surface area contributed by atoms with Crippen LogP contribution in [-0.4, -0.2) is 0 Å². The van der Waals surface area contributed by atoms with Crippen LogP contribution in [0.4, 0.5) is 11.4 Å². The van der Waals surface area contributed by atoms with Crippen molar-refractivity contribution in [2.24, 2.45) is 5.41 Å². The maximum atomic E-state index is 6.07. The van der Waals surface area contributed by atoms with Gasteiger partial charge in [0.2, 0.25) is 0 Å². The van der Waals surface area contributed by atoms with Crippen LogP contribution in [0.25, 0.3) is 11.1 Å². The van der Waals surface area contributed by atoms with Crippen LogP contribution < -0.4 is 11.5 Å². The van der Waals surface area contributed by atoms with E-state index in [4.69, 9.17) is 11.5 Å². The first-order chi connectivity index (χ1) is 10.1. The monoisotopic (exact) mass is 296 g/mol. The van der Waals surface area contributed by atoms with Gasteiger partial charge in [-0.25, -0.2) is 0 Å². The van der Waals surface area contributed by atoms with Gasteiger partial charge in [0, 0.05) is 16.9 Å². The van der Waals surface area contributed by atoms with Gasteiger partial charge in [-0.2, -0.15) is 0 Å². The van der Waals surface area contributed by atoms with E-state index in [1.807, 2.05) is 18.2 Å². The molecule has 0 unspecified atom stereocenters. The van der Waals surface area contributed by atoms with E-state index < -0.39 is 0 Å². The van der Waals surface area contributed by atoms with Gasteiger partial charge in [0.25, 0.3) is 0 Å². The largest absolute Gasteiger partial charge is 0.399 e. The van der Waals surface area contributed by atoms with E-state index in [1.165, 1.54) is 5.56 Å². The minimum Gasteiger partial charge on any atom is -0.399 e. The van der Waals surface area contributed by atoms with E-state index in [0.29, 0.717) is 5.41 Å². The predicted molar refractivity (Wildman–Crippen MR) is 97.8 cm³/mol.